The molecule has 2 aromatic carbocycles. The Morgan fingerprint density at radius 1 is 1.19 bits per heavy atom. The van der Waals surface area contributed by atoms with Crippen molar-refractivity contribution in [2.45, 2.75) is 24.9 Å². The molecule has 3 heterocycles. The van der Waals surface area contributed by atoms with Gasteiger partial charge in [-0.3, -0.25) is 10.1 Å². The molecule has 0 fully saturated rings. The van der Waals surface area contributed by atoms with Crippen LogP contribution in [-0.2, 0) is 16.8 Å². The third-order valence-corrected chi connectivity index (χ3v) is 5.43. The van der Waals surface area contributed by atoms with Gasteiger partial charge in [-0.15, -0.1) is 0 Å². The van der Waals surface area contributed by atoms with Gasteiger partial charge in [-0.25, -0.2) is 0 Å². The number of H-pyrrole nitrogens is 1. The Kier molecular flexibility index (Phi) is 3.09. The maximum absolute atomic E-state index is 11.8. The standard InChI is InChI=1S/C20H18N2O4/c1-20(11-6-7-16-17(8-11)26-10-25-16)18-13(9-15(22-20)19(23)24)12-4-2-3-5-14(12)21-18/h2-8,15,21-22H,9-10H2,1H3,(H,23,24)/t15-,20+/m1/s1. The van der Waals surface area contributed by atoms with E-state index in [1.807, 2.05) is 49.4 Å². The van der Waals surface area contributed by atoms with Crippen LogP contribution >= 0.6 is 0 Å². The topological polar surface area (TPSA) is 83.6 Å². The van der Waals surface area contributed by atoms with Crippen LogP contribution in [0.5, 0.6) is 11.5 Å². The molecule has 0 amide bonds. The molecule has 26 heavy (non-hydrogen) atoms. The number of fused-ring (bicyclic) bond motifs is 4. The Morgan fingerprint density at radius 2 is 2.00 bits per heavy atom. The van der Waals surface area contributed by atoms with Crippen molar-refractivity contribution in [1.29, 1.82) is 0 Å². The number of carboxylic acids is 1. The molecule has 132 valence electrons. The van der Waals surface area contributed by atoms with Crippen LogP contribution in [0.3, 0.4) is 0 Å². The molecule has 6 nitrogen and oxygen atoms in total. The van der Waals surface area contributed by atoms with Crippen molar-refractivity contribution in [2.24, 2.45) is 0 Å². The number of carboxylic acid groups (broad SMARTS) is 1. The molecule has 0 saturated carbocycles. The minimum atomic E-state index is -0.854. The number of hydrogen-bond acceptors (Lipinski definition) is 4. The maximum atomic E-state index is 11.8. The molecule has 5 rings (SSSR count). The van der Waals surface area contributed by atoms with Crippen LogP contribution in [-0.4, -0.2) is 28.9 Å². The highest BCUT2D eigenvalue weighted by Crippen LogP contribution is 2.42. The van der Waals surface area contributed by atoms with E-state index in [2.05, 4.69) is 10.3 Å². The van der Waals surface area contributed by atoms with Gasteiger partial charge in [0.25, 0.3) is 0 Å². The summed E-state index contributed by atoms with van der Waals surface area (Å²) in [5.74, 6) is 0.536. The van der Waals surface area contributed by atoms with Gasteiger partial charge in [-0.05, 0) is 36.2 Å². The van der Waals surface area contributed by atoms with E-state index in [9.17, 15) is 9.90 Å². The van der Waals surface area contributed by atoms with Crippen molar-refractivity contribution in [3.63, 3.8) is 0 Å². The number of carbonyl (C=O) groups is 1. The fourth-order valence-corrected chi connectivity index (χ4v) is 4.10. The van der Waals surface area contributed by atoms with E-state index < -0.39 is 17.6 Å². The largest absolute Gasteiger partial charge is 0.480 e. The summed E-state index contributed by atoms with van der Waals surface area (Å²) in [6.45, 7) is 2.21. The molecule has 6 heteroatoms. The van der Waals surface area contributed by atoms with Crippen LogP contribution in [0.15, 0.2) is 42.5 Å². The van der Waals surface area contributed by atoms with E-state index in [0.29, 0.717) is 17.9 Å². The molecule has 0 bridgehead atoms. The quantitative estimate of drug-likeness (QED) is 0.662. The lowest BCUT2D eigenvalue weighted by Gasteiger charge is -2.39. The summed E-state index contributed by atoms with van der Waals surface area (Å²) in [6, 6.07) is 13.1. The van der Waals surface area contributed by atoms with Crippen LogP contribution in [0.4, 0.5) is 0 Å². The van der Waals surface area contributed by atoms with Gasteiger partial charge in [-0.2, -0.15) is 0 Å². The molecule has 2 aliphatic rings. The zero-order chi connectivity index (χ0) is 17.9. The first-order chi connectivity index (χ1) is 12.6. The lowest BCUT2D eigenvalue weighted by molar-refractivity contribution is -0.140. The van der Waals surface area contributed by atoms with Crippen molar-refractivity contribution in [3.8, 4) is 11.5 Å². The van der Waals surface area contributed by atoms with Gasteiger partial charge in [-0.1, -0.05) is 24.3 Å². The van der Waals surface area contributed by atoms with Gasteiger partial charge in [0.05, 0.1) is 5.54 Å². The van der Waals surface area contributed by atoms with E-state index >= 15 is 0 Å². The highest BCUT2D eigenvalue weighted by Gasteiger charge is 2.42. The minimum absolute atomic E-state index is 0.207. The molecule has 0 aliphatic carbocycles. The first-order valence-electron chi connectivity index (χ1n) is 8.57. The molecule has 0 radical (unpaired) electrons. The summed E-state index contributed by atoms with van der Waals surface area (Å²) in [6.07, 6.45) is 0.439. The Labute approximate surface area is 149 Å². The summed E-state index contributed by atoms with van der Waals surface area (Å²) in [4.78, 5) is 15.3. The van der Waals surface area contributed by atoms with Crippen LogP contribution in [0.25, 0.3) is 10.9 Å². The molecule has 2 aliphatic heterocycles. The fraction of sp³-hybridized carbons (Fsp3) is 0.250. The van der Waals surface area contributed by atoms with Crippen molar-refractivity contribution in [3.05, 3.63) is 59.3 Å². The number of ether oxygens (including phenoxy) is 2. The zero-order valence-electron chi connectivity index (χ0n) is 14.2. The molecule has 3 N–H and O–H groups in total. The number of aromatic amines is 1. The highest BCUT2D eigenvalue weighted by molar-refractivity contribution is 5.87. The first-order valence-corrected chi connectivity index (χ1v) is 8.57. The van der Waals surface area contributed by atoms with Gasteiger partial charge >= 0.3 is 5.97 Å². The lowest BCUT2D eigenvalue weighted by Crippen LogP contribution is -2.54. The zero-order valence-corrected chi connectivity index (χ0v) is 14.2. The highest BCUT2D eigenvalue weighted by atomic mass is 16.7. The third-order valence-electron chi connectivity index (χ3n) is 5.43. The molecule has 2 atom stereocenters. The number of benzene rings is 2. The van der Waals surface area contributed by atoms with Gasteiger partial charge < -0.3 is 19.6 Å². The Balaban J connectivity index is 1.74. The molecule has 0 saturated heterocycles. The average molecular weight is 350 g/mol. The molecule has 0 spiro atoms. The van der Waals surface area contributed by atoms with E-state index in [1.165, 1.54) is 0 Å². The van der Waals surface area contributed by atoms with Crippen molar-refractivity contribution < 1.29 is 19.4 Å². The van der Waals surface area contributed by atoms with Gasteiger partial charge in [0.2, 0.25) is 6.79 Å². The number of nitrogens with one attached hydrogen (secondary N) is 2. The summed E-state index contributed by atoms with van der Waals surface area (Å²) in [5, 5.41) is 14.1. The van der Waals surface area contributed by atoms with E-state index in [1.54, 1.807) is 0 Å². The maximum Gasteiger partial charge on any atom is 0.321 e. The van der Waals surface area contributed by atoms with Crippen LogP contribution in [0, 0.1) is 0 Å². The molecule has 0 unspecified atom stereocenters. The summed E-state index contributed by atoms with van der Waals surface area (Å²) >= 11 is 0. The monoisotopic (exact) mass is 350 g/mol. The number of hydrogen-bond donors (Lipinski definition) is 3. The molecular weight excluding hydrogens is 332 g/mol. The van der Waals surface area contributed by atoms with Gasteiger partial charge in [0, 0.05) is 23.0 Å². The fourth-order valence-electron chi connectivity index (χ4n) is 4.10. The lowest BCUT2D eigenvalue weighted by atomic mass is 9.80. The number of aliphatic carboxylic acids is 1. The Hall–Kier alpha value is -2.99. The Morgan fingerprint density at radius 3 is 2.85 bits per heavy atom. The molecular formula is C20H18N2O4. The van der Waals surface area contributed by atoms with Crippen molar-refractivity contribution in [2.75, 3.05) is 6.79 Å². The second-order valence-electron chi connectivity index (χ2n) is 6.96. The van der Waals surface area contributed by atoms with E-state index in [4.69, 9.17) is 9.47 Å². The summed E-state index contributed by atoms with van der Waals surface area (Å²) < 4.78 is 10.9. The summed E-state index contributed by atoms with van der Waals surface area (Å²) in [5.41, 5.74) is 3.30. The molecule has 1 aromatic heterocycles. The average Bonchev–Trinajstić information content (AvgIpc) is 3.25. The van der Waals surface area contributed by atoms with Crippen molar-refractivity contribution in [1.82, 2.24) is 10.3 Å². The minimum Gasteiger partial charge on any atom is -0.480 e. The van der Waals surface area contributed by atoms with Gasteiger partial charge in [0.15, 0.2) is 11.5 Å². The number of para-hydroxylation sites is 1. The predicted molar refractivity (Wildman–Crippen MR) is 95.6 cm³/mol. The summed E-state index contributed by atoms with van der Waals surface area (Å²) in [7, 11) is 0. The smallest absolute Gasteiger partial charge is 0.321 e. The van der Waals surface area contributed by atoms with E-state index in [0.717, 1.165) is 27.7 Å². The van der Waals surface area contributed by atoms with Gasteiger partial charge in [0.1, 0.15) is 6.04 Å². The van der Waals surface area contributed by atoms with E-state index in [-0.39, 0.29) is 6.79 Å². The second kappa shape index (κ2) is 5.25. The number of rotatable bonds is 2. The van der Waals surface area contributed by atoms with Crippen molar-refractivity contribution >= 4 is 16.9 Å². The normalized spacial score (nSPS) is 23.8. The number of aromatic nitrogens is 1. The Bertz CT molecular complexity index is 1040. The first kappa shape index (κ1) is 15.3. The van der Waals surface area contributed by atoms with Crippen LogP contribution in [0.2, 0.25) is 0 Å². The predicted octanol–water partition coefficient (Wildman–Crippen LogP) is 2.76. The SMILES string of the molecule is C[C@@]1(c2ccc3c(c2)OCO3)N[C@@H](C(=O)O)Cc2c1[nH]c1ccccc21. The van der Waals surface area contributed by atoms with Crippen LogP contribution < -0.4 is 14.8 Å². The molecule has 3 aromatic rings. The second-order valence-corrected chi connectivity index (χ2v) is 6.96. The van der Waals surface area contributed by atoms with Crippen LogP contribution in [0.1, 0.15) is 23.7 Å². The third kappa shape index (κ3) is 2.05.